The van der Waals surface area contributed by atoms with Crippen LogP contribution in [0.25, 0.3) is 0 Å². The fourth-order valence-corrected chi connectivity index (χ4v) is 3.13. The Morgan fingerprint density at radius 1 is 1.32 bits per heavy atom. The van der Waals surface area contributed by atoms with E-state index in [1.807, 2.05) is 19.2 Å². The smallest absolute Gasteiger partial charge is 0.193 e. The molecule has 1 saturated heterocycles. The zero-order valence-corrected chi connectivity index (χ0v) is 16.3. The monoisotopic (exact) mass is 417 g/mol. The van der Waals surface area contributed by atoms with Crippen LogP contribution in [0.15, 0.2) is 29.3 Å². The number of methoxy groups -OCH3 is 1. The lowest BCUT2D eigenvalue weighted by molar-refractivity contribution is 0.208. The summed E-state index contributed by atoms with van der Waals surface area (Å²) in [7, 11) is 3.56. The summed E-state index contributed by atoms with van der Waals surface area (Å²) in [4.78, 5) is 6.81. The number of nitrogens with one attached hydrogen (secondary N) is 1. The summed E-state index contributed by atoms with van der Waals surface area (Å²) in [5.74, 6) is 3.34. The van der Waals surface area contributed by atoms with Crippen LogP contribution in [-0.4, -0.2) is 38.1 Å². The van der Waals surface area contributed by atoms with Gasteiger partial charge in [0.15, 0.2) is 5.96 Å². The van der Waals surface area contributed by atoms with Crippen molar-refractivity contribution in [2.75, 3.05) is 27.2 Å². The minimum absolute atomic E-state index is 0. The Bertz CT molecular complexity index is 483. The lowest BCUT2D eigenvalue weighted by Crippen LogP contribution is -2.48. The number of aliphatic imine (C=N–C) groups is 1. The zero-order valence-electron chi connectivity index (χ0n) is 14.0. The number of hydrogen-bond acceptors (Lipinski definition) is 2. The van der Waals surface area contributed by atoms with Crippen molar-refractivity contribution in [2.24, 2.45) is 16.8 Å². The SMILES string of the molecule is CN=C(NCc1cccc(OC)c1)N1CC(C)CC(C)C1.I. The predicted molar refractivity (Wildman–Crippen MR) is 103 cm³/mol. The van der Waals surface area contributed by atoms with Gasteiger partial charge in [-0.15, -0.1) is 24.0 Å². The highest BCUT2D eigenvalue weighted by Crippen LogP contribution is 2.21. The summed E-state index contributed by atoms with van der Waals surface area (Å²) >= 11 is 0. The molecule has 0 aliphatic carbocycles. The summed E-state index contributed by atoms with van der Waals surface area (Å²) in [6.45, 7) is 7.57. The predicted octanol–water partition coefficient (Wildman–Crippen LogP) is 3.37. The first-order chi connectivity index (χ1) is 10.1. The van der Waals surface area contributed by atoms with Gasteiger partial charge in [0.25, 0.3) is 0 Å². The summed E-state index contributed by atoms with van der Waals surface area (Å²) in [5.41, 5.74) is 1.20. The molecule has 0 saturated carbocycles. The maximum absolute atomic E-state index is 5.26. The number of hydrogen-bond donors (Lipinski definition) is 1. The molecule has 2 rings (SSSR count). The average Bonchev–Trinajstić information content (AvgIpc) is 2.47. The van der Waals surface area contributed by atoms with E-state index in [1.54, 1.807) is 7.11 Å². The molecule has 124 valence electrons. The van der Waals surface area contributed by atoms with Crippen LogP contribution in [0, 0.1) is 11.8 Å². The van der Waals surface area contributed by atoms with Gasteiger partial charge in [-0.3, -0.25) is 4.99 Å². The Labute approximate surface area is 151 Å². The fourth-order valence-electron chi connectivity index (χ4n) is 3.13. The van der Waals surface area contributed by atoms with Gasteiger partial charge in [-0.05, 0) is 36.0 Å². The van der Waals surface area contributed by atoms with Crippen LogP contribution < -0.4 is 10.1 Å². The molecule has 1 fully saturated rings. The Morgan fingerprint density at radius 2 is 2.00 bits per heavy atom. The van der Waals surface area contributed by atoms with Gasteiger partial charge < -0.3 is 15.0 Å². The molecule has 1 N–H and O–H groups in total. The number of rotatable bonds is 3. The average molecular weight is 417 g/mol. The number of likely N-dealkylation sites (tertiary alicyclic amines) is 1. The Morgan fingerprint density at radius 3 is 2.59 bits per heavy atom. The molecule has 4 nitrogen and oxygen atoms in total. The van der Waals surface area contributed by atoms with Crippen LogP contribution in [0.4, 0.5) is 0 Å². The molecule has 0 spiro atoms. The van der Waals surface area contributed by atoms with Crippen LogP contribution in [0.1, 0.15) is 25.8 Å². The Hall–Kier alpha value is -0.980. The summed E-state index contributed by atoms with van der Waals surface area (Å²) in [6.07, 6.45) is 1.31. The largest absolute Gasteiger partial charge is 0.497 e. The van der Waals surface area contributed by atoms with E-state index < -0.39 is 0 Å². The molecule has 2 unspecified atom stereocenters. The molecule has 1 aliphatic heterocycles. The minimum Gasteiger partial charge on any atom is -0.497 e. The van der Waals surface area contributed by atoms with Crippen LogP contribution in [0.3, 0.4) is 0 Å². The first kappa shape index (κ1) is 19.1. The van der Waals surface area contributed by atoms with Crippen LogP contribution >= 0.6 is 24.0 Å². The highest BCUT2D eigenvalue weighted by atomic mass is 127. The van der Waals surface area contributed by atoms with E-state index in [-0.39, 0.29) is 24.0 Å². The minimum atomic E-state index is 0. The topological polar surface area (TPSA) is 36.9 Å². The maximum atomic E-state index is 5.26. The first-order valence-electron chi connectivity index (χ1n) is 7.71. The van der Waals surface area contributed by atoms with Crippen molar-refractivity contribution < 1.29 is 4.74 Å². The first-order valence-corrected chi connectivity index (χ1v) is 7.71. The van der Waals surface area contributed by atoms with E-state index in [2.05, 4.69) is 41.2 Å². The van der Waals surface area contributed by atoms with Crippen molar-refractivity contribution >= 4 is 29.9 Å². The van der Waals surface area contributed by atoms with Crippen molar-refractivity contribution in [2.45, 2.75) is 26.8 Å². The second-order valence-corrected chi connectivity index (χ2v) is 6.10. The van der Waals surface area contributed by atoms with Gasteiger partial charge in [0.2, 0.25) is 0 Å². The highest BCUT2D eigenvalue weighted by molar-refractivity contribution is 14.0. The van der Waals surface area contributed by atoms with E-state index in [9.17, 15) is 0 Å². The number of guanidine groups is 1. The molecule has 1 aliphatic rings. The van der Waals surface area contributed by atoms with Crippen molar-refractivity contribution in [1.29, 1.82) is 0 Å². The third-order valence-electron chi connectivity index (χ3n) is 3.96. The second kappa shape index (κ2) is 9.22. The number of piperidine rings is 1. The number of nitrogens with zero attached hydrogens (tertiary/aromatic N) is 2. The van der Waals surface area contributed by atoms with Gasteiger partial charge in [0.05, 0.1) is 7.11 Å². The Balaban J connectivity index is 0.00000242. The van der Waals surface area contributed by atoms with E-state index in [4.69, 9.17) is 4.74 Å². The third-order valence-corrected chi connectivity index (χ3v) is 3.96. The molecule has 1 heterocycles. The van der Waals surface area contributed by atoms with Crippen molar-refractivity contribution in [3.05, 3.63) is 29.8 Å². The molecule has 5 heteroatoms. The molecular formula is C17H28IN3O. The number of halogens is 1. The summed E-state index contributed by atoms with van der Waals surface area (Å²) in [5, 5.41) is 3.47. The number of ether oxygens (including phenoxy) is 1. The van der Waals surface area contributed by atoms with Crippen LogP contribution in [-0.2, 0) is 6.54 Å². The molecule has 0 bridgehead atoms. The van der Waals surface area contributed by atoms with E-state index in [1.165, 1.54) is 12.0 Å². The molecule has 0 aromatic heterocycles. The van der Waals surface area contributed by atoms with Crippen molar-refractivity contribution in [3.8, 4) is 5.75 Å². The molecule has 1 aromatic rings. The second-order valence-electron chi connectivity index (χ2n) is 6.10. The molecule has 2 atom stereocenters. The molecule has 22 heavy (non-hydrogen) atoms. The van der Waals surface area contributed by atoms with E-state index in [0.29, 0.717) is 0 Å². The molecular weight excluding hydrogens is 389 g/mol. The lowest BCUT2D eigenvalue weighted by Gasteiger charge is -2.37. The zero-order chi connectivity index (χ0) is 15.2. The van der Waals surface area contributed by atoms with Crippen molar-refractivity contribution in [3.63, 3.8) is 0 Å². The van der Waals surface area contributed by atoms with E-state index >= 15 is 0 Å². The van der Waals surface area contributed by atoms with Gasteiger partial charge in [0, 0.05) is 26.7 Å². The number of benzene rings is 1. The molecule has 0 radical (unpaired) electrons. The standard InChI is InChI=1S/C17H27N3O.HI/c1-13-8-14(2)12-20(11-13)17(18-3)19-10-15-6-5-7-16(9-15)21-4;/h5-7,9,13-14H,8,10-12H2,1-4H3,(H,18,19);1H. The van der Waals surface area contributed by atoms with Gasteiger partial charge >= 0.3 is 0 Å². The lowest BCUT2D eigenvalue weighted by atomic mass is 9.92. The van der Waals surface area contributed by atoms with E-state index in [0.717, 1.165) is 43.2 Å². The molecule has 1 aromatic carbocycles. The normalized spacial score (nSPS) is 22.0. The highest BCUT2D eigenvalue weighted by Gasteiger charge is 2.23. The van der Waals surface area contributed by atoms with Gasteiger partial charge in [-0.25, -0.2) is 0 Å². The summed E-state index contributed by atoms with van der Waals surface area (Å²) in [6, 6.07) is 8.14. The van der Waals surface area contributed by atoms with Crippen LogP contribution in [0.5, 0.6) is 5.75 Å². The maximum Gasteiger partial charge on any atom is 0.193 e. The third kappa shape index (κ3) is 5.34. The molecule has 0 amide bonds. The van der Waals surface area contributed by atoms with Crippen molar-refractivity contribution in [1.82, 2.24) is 10.2 Å². The Kier molecular flexibility index (Phi) is 8.00. The van der Waals surface area contributed by atoms with Gasteiger partial charge in [-0.1, -0.05) is 26.0 Å². The van der Waals surface area contributed by atoms with Crippen LogP contribution in [0.2, 0.25) is 0 Å². The van der Waals surface area contributed by atoms with Gasteiger partial charge in [0.1, 0.15) is 5.75 Å². The van der Waals surface area contributed by atoms with Gasteiger partial charge in [-0.2, -0.15) is 0 Å². The fraction of sp³-hybridized carbons (Fsp3) is 0.588. The quantitative estimate of drug-likeness (QED) is 0.466. The summed E-state index contributed by atoms with van der Waals surface area (Å²) < 4.78 is 5.26.